The molecule has 0 bridgehead atoms. The Morgan fingerprint density at radius 1 is 0.818 bits per heavy atom. The van der Waals surface area contributed by atoms with Crippen molar-refractivity contribution < 1.29 is 23.9 Å². The van der Waals surface area contributed by atoms with Gasteiger partial charge in [-0.1, -0.05) is 74.5 Å². The second kappa shape index (κ2) is 15.4. The lowest BCUT2D eigenvalue weighted by Gasteiger charge is -2.13. The number of nitrogens with one attached hydrogen (secondary N) is 3. The van der Waals surface area contributed by atoms with Crippen molar-refractivity contribution in [2.75, 3.05) is 23.5 Å². The number of anilines is 2. The number of carbonyl (C=O) groups excluding carboxylic acids is 4. The Kier molecular flexibility index (Phi) is 11.1. The first-order valence-electron chi connectivity index (χ1n) is 13.9. The number of esters is 1. The fourth-order valence-electron chi connectivity index (χ4n) is 4.16. The Bertz CT molecular complexity index is 1670. The van der Waals surface area contributed by atoms with Crippen LogP contribution in [0.5, 0.6) is 0 Å². The fraction of sp³-hybridized carbons (Fsp3) is 0.143. The summed E-state index contributed by atoms with van der Waals surface area (Å²) < 4.78 is 4.78. The Morgan fingerprint density at radius 2 is 1.52 bits per heavy atom. The number of para-hydroxylation sites is 1. The molecule has 4 rings (SSSR count). The molecule has 0 saturated carbocycles. The molecule has 4 aromatic carbocycles. The topological polar surface area (TPSA) is 114 Å². The van der Waals surface area contributed by atoms with Crippen LogP contribution in [-0.4, -0.2) is 36.6 Å². The molecule has 0 aromatic heterocycles. The average Bonchev–Trinajstić information content (AvgIpc) is 3.04. The number of methoxy groups -OCH3 is 1. The van der Waals surface area contributed by atoms with E-state index in [2.05, 4.69) is 29.8 Å². The Hall–Kier alpha value is -5.15. The zero-order chi connectivity index (χ0) is 31.5. The van der Waals surface area contributed by atoms with Crippen LogP contribution in [0.4, 0.5) is 11.4 Å². The lowest BCUT2D eigenvalue weighted by atomic mass is 10.0. The molecule has 4 aromatic rings. The summed E-state index contributed by atoms with van der Waals surface area (Å²) in [6.07, 6.45) is 1.63. The van der Waals surface area contributed by atoms with Gasteiger partial charge < -0.3 is 20.7 Å². The van der Waals surface area contributed by atoms with Crippen molar-refractivity contribution in [3.8, 4) is 0 Å². The number of amides is 3. The van der Waals surface area contributed by atoms with Gasteiger partial charge in [-0.3, -0.25) is 14.4 Å². The second-order valence-electron chi connectivity index (χ2n) is 10.1. The van der Waals surface area contributed by atoms with Crippen LogP contribution in [-0.2, 0) is 14.3 Å². The molecule has 3 N–H and O–H groups in total. The van der Waals surface area contributed by atoms with Crippen molar-refractivity contribution in [1.29, 1.82) is 0 Å². The summed E-state index contributed by atoms with van der Waals surface area (Å²) in [4.78, 5) is 51.8. The van der Waals surface area contributed by atoms with Gasteiger partial charge in [-0.15, -0.1) is 11.8 Å². The van der Waals surface area contributed by atoms with E-state index in [1.54, 1.807) is 72.8 Å². The van der Waals surface area contributed by atoms with Crippen molar-refractivity contribution in [2.24, 2.45) is 0 Å². The number of hydrogen-bond donors (Lipinski definition) is 3. The first-order valence-corrected chi connectivity index (χ1v) is 14.9. The molecule has 0 aliphatic rings. The molecule has 0 saturated heterocycles. The fourth-order valence-corrected chi connectivity index (χ4v) is 4.92. The van der Waals surface area contributed by atoms with Crippen molar-refractivity contribution in [1.82, 2.24) is 5.32 Å². The molecule has 0 fully saturated rings. The van der Waals surface area contributed by atoms with Gasteiger partial charge in [0.15, 0.2) is 0 Å². The molecule has 44 heavy (non-hydrogen) atoms. The predicted octanol–water partition coefficient (Wildman–Crippen LogP) is 6.74. The minimum atomic E-state index is -0.544. The lowest BCUT2D eigenvalue weighted by molar-refractivity contribution is -0.114. The molecule has 3 amide bonds. The van der Waals surface area contributed by atoms with Crippen molar-refractivity contribution >= 4 is 52.9 Å². The van der Waals surface area contributed by atoms with E-state index in [1.165, 1.54) is 18.9 Å². The first kappa shape index (κ1) is 31.8. The molecule has 9 heteroatoms. The van der Waals surface area contributed by atoms with Crippen molar-refractivity contribution in [3.05, 3.63) is 131 Å². The maximum atomic E-state index is 13.4. The van der Waals surface area contributed by atoms with Gasteiger partial charge in [-0.2, -0.15) is 0 Å². The van der Waals surface area contributed by atoms with Gasteiger partial charge in [-0.05, 0) is 65.6 Å². The molecule has 0 heterocycles. The van der Waals surface area contributed by atoms with Crippen LogP contribution in [0.2, 0.25) is 0 Å². The third-order valence-corrected chi connectivity index (χ3v) is 7.51. The molecule has 0 atom stereocenters. The van der Waals surface area contributed by atoms with Crippen LogP contribution in [0.15, 0.2) is 114 Å². The summed E-state index contributed by atoms with van der Waals surface area (Å²) in [6, 6.07) is 30.1. The molecule has 0 spiro atoms. The number of benzene rings is 4. The van der Waals surface area contributed by atoms with E-state index in [1.807, 2.05) is 36.4 Å². The molecular weight excluding hydrogens is 574 g/mol. The third-order valence-electron chi connectivity index (χ3n) is 6.51. The zero-order valence-electron chi connectivity index (χ0n) is 24.6. The summed E-state index contributed by atoms with van der Waals surface area (Å²) in [6.45, 7) is 4.21. The second-order valence-corrected chi connectivity index (χ2v) is 11.1. The van der Waals surface area contributed by atoms with Crippen LogP contribution >= 0.6 is 11.8 Å². The number of ether oxygens (including phenoxy) is 1. The predicted molar refractivity (Wildman–Crippen MR) is 175 cm³/mol. The minimum absolute atomic E-state index is 0.0670. The van der Waals surface area contributed by atoms with Gasteiger partial charge >= 0.3 is 5.97 Å². The molecule has 0 radical (unpaired) electrons. The standard InChI is InChI=1S/C35H33N3O5S/c1-23(2)25-18-16-24(17-19-25)20-31(38-33(40)26-10-5-4-6-11-26)34(41)36-27-12-9-13-28(21-27)44-22-32(39)37-30-15-8-7-14-29(30)35(42)43-3/h4-21,23H,22H2,1-3H3,(H,36,41)(H,37,39)(H,38,40)/b31-20+. The molecule has 0 unspecified atom stereocenters. The van der Waals surface area contributed by atoms with E-state index in [4.69, 9.17) is 4.74 Å². The summed E-state index contributed by atoms with van der Waals surface area (Å²) in [7, 11) is 1.28. The number of hydrogen-bond acceptors (Lipinski definition) is 6. The van der Waals surface area contributed by atoms with E-state index < -0.39 is 17.8 Å². The van der Waals surface area contributed by atoms with Crippen LogP contribution in [0.25, 0.3) is 6.08 Å². The van der Waals surface area contributed by atoms with Crippen LogP contribution < -0.4 is 16.0 Å². The van der Waals surface area contributed by atoms with E-state index in [-0.39, 0.29) is 22.9 Å². The maximum absolute atomic E-state index is 13.4. The van der Waals surface area contributed by atoms with Gasteiger partial charge in [0.2, 0.25) is 5.91 Å². The minimum Gasteiger partial charge on any atom is -0.465 e. The average molecular weight is 608 g/mol. The van der Waals surface area contributed by atoms with Crippen molar-refractivity contribution in [3.63, 3.8) is 0 Å². The largest absolute Gasteiger partial charge is 0.465 e. The first-order chi connectivity index (χ1) is 21.2. The maximum Gasteiger partial charge on any atom is 0.339 e. The Labute approximate surface area is 260 Å². The highest BCUT2D eigenvalue weighted by molar-refractivity contribution is 8.00. The van der Waals surface area contributed by atoms with E-state index in [9.17, 15) is 19.2 Å². The summed E-state index contributed by atoms with van der Waals surface area (Å²) in [5.41, 5.74) is 3.55. The van der Waals surface area contributed by atoms with Gasteiger partial charge in [0.25, 0.3) is 11.8 Å². The molecule has 8 nitrogen and oxygen atoms in total. The highest BCUT2D eigenvalue weighted by atomic mass is 32.2. The summed E-state index contributed by atoms with van der Waals surface area (Å²) in [5.74, 6) is -1.33. The third kappa shape index (κ3) is 8.92. The smallest absolute Gasteiger partial charge is 0.339 e. The van der Waals surface area contributed by atoms with Crippen molar-refractivity contribution in [2.45, 2.75) is 24.7 Å². The van der Waals surface area contributed by atoms with Gasteiger partial charge in [0.05, 0.1) is 24.1 Å². The molecule has 224 valence electrons. The number of carbonyl (C=O) groups is 4. The Balaban J connectivity index is 1.46. The lowest BCUT2D eigenvalue weighted by Crippen LogP contribution is -2.30. The zero-order valence-corrected chi connectivity index (χ0v) is 25.4. The van der Waals surface area contributed by atoms with Crippen LogP contribution in [0.1, 0.15) is 51.6 Å². The SMILES string of the molecule is COC(=O)c1ccccc1NC(=O)CSc1cccc(NC(=O)/C(=C\c2ccc(C(C)C)cc2)NC(=O)c2ccccc2)c1. The monoisotopic (exact) mass is 607 g/mol. The molecular formula is C35H33N3O5S. The van der Waals surface area contributed by atoms with E-state index in [0.717, 1.165) is 16.0 Å². The molecule has 0 aliphatic carbocycles. The van der Waals surface area contributed by atoms with E-state index >= 15 is 0 Å². The summed E-state index contributed by atoms with van der Waals surface area (Å²) >= 11 is 1.27. The Morgan fingerprint density at radius 3 is 2.23 bits per heavy atom. The quantitative estimate of drug-likeness (QED) is 0.0989. The highest BCUT2D eigenvalue weighted by Crippen LogP contribution is 2.24. The highest BCUT2D eigenvalue weighted by Gasteiger charge is 2.16. The van der Waals surface area contributed by atoms with Crippen LogP contribution in [0, 0.1) is 0 Å². The van der Waals surface area contributed by atoms with Gasteiger partial charge in [0, 0.05) is 16.1 Å². The van der Waals surface area contributed by atoms with Gasteiger partial charge in [-0.25, -0.2) is 4.79 Å². The molecule has 0 aliphatic heterocycles. The van der Waals surface area contributed by atoms with E-state index in [0.29, 0.717) is 22.9 Å². The summed E-state index contributed by atoms with van der Waals surface area (Å²) in [5, 5.41) is 8.35. The van der Waals surface area contributed by atoms with Crippen LogP contribution in [0.3, 0.4) is 0 Å². The normalized spacial score (nSPS) is 11.0. The van der Waals surface area contributed by atoms with Gasteiger partial charge in [0.1, 0.15) is 5.70 Å². The number of rotatable bonds is 11. The number of thioether (sulfide) groups is 1.